The monoisotopic (exact) mass is 297 g/mol. The van der Waals surface area contributed by atoms with Crippen molar-refractivity contribution in [2.45, 2.75) is 45.7 Å². The average Bonchev–Trinajstić information content (AvgIpc) is 2.37. The first kappa shape index (κ1) is 16.9. The standard InChI is InChI=1S/C15H23N3O.ClH/c1-10-5-11(2)7-13(6-10)18-15(19)12-3-4-17-14(8-12)9-16;/h3-4,8,10-11,13H,5-7,9,16H2,1-2H3,(H,18,19);1H. The first-order chi connectivity index (χ1) is 9.08. The van der Waals surface area contributed by atoms with E-state index in [0.29, 0.717) is 30.0 Å². The molecule has 0 spiro atoms. The molecule has 0 aromatic carbocycles. The van der Waals surface area contributed by atoms with Gasteiger partial charge in [-0.3, -0.25) is 9.78 Å². The molecule has 2 atom stereocenters. The molecule has 3 N–H and O–H groups in total. The maximum Gasteiger partial charge on any atom is 0.251 e. The van der Waals surface area contributed by atoms with Gasteiger partial charge in [0.05, 0.1) is 5.69 Å². The zero-order valence-electron chi connectivity index (χ0n) is 12.1. The quantitative estimate of drug-likeness (QED) is 0.901. The van der Waals surface area contributed by atoms with Crippen molar-refractivity contribution in [3.8, 4) is 0 Å². The Hall–Kier alpha value is -1.13. The molecule has 1 amide bonds. The maximum atomic E-state index is 12.2. The minimum Gasteiger partial charge on any atom is -0.349 e. The fourth-order valence-corrected chi connectivity index (χ4v) is 3.06. The third-order valence-electron chi connectivity index (χ3n) is 3.80. The Bertz CT molecular complexity index is 442. The molecule has 0 aliphatic heterocycles. The summed E-state index contributed by atoms with van der Waals surface area (Å²) in [4.78, 5) is 16.3. The summed E-state index contributed by atoms with van der Waals surface area (Å²) >= 11 is 0. The summed E-state index contributed by atoms with van der Waals surface area (Å²) in [5.74, 6) is 1.36. The molecule has 1 aromatic rings. The van der Waals surface area contributed by atoms with E-state index < -0.39 is 0 Å². The number of aromatic nitrogens is 1. The normalized spacial score (nSPS) is 25.6. The first-order valence-electron chi connectivity index (χ1n) is 7.04. The van der Waals surface area contributed by atoms with Gasteiger partial charge in [-0.2, -0.15) is 0 Å². The summed E-state index contributed by atoms with van der Waals surface area (Å²) in [5.41, 5.74) is 6.95. The molecule has 2 rings (SSSR count). The van der Waals surface area contributed by atoms with Crippen molar-refractivity contribution < 1.29 is 4.79 Å². The van der Waals surface area contributed by atoms with Crippen LogP contribution in [0, 0.1) is 11.8 Å². The number of hydrogen-bond donors (Lipinski definition) is 2. The van der Waals surface area contributed by atoms with Crippen LogP contribution in [-0.4, -0.2) is 16.9 Å². The van der Waals surface area contributed by atoms with Crippen molar-refractivity contribution in [3.05, 3.63) is 29.6 Å². The van der Waals surface area contributed by atoms with Gasteiger partial charge in [0.15, 0.2) is 0 Å². The molecule has 1 aliphatic carbocycles. The zero-order valence-corrected chi connectivity index (χ0v) is 13.0. The summed E-state index contributed by atoms with van der Waals surface area (Å²) in [6.45, 7) is 4.88. The highest BCUT2D eigenvalue weighted by Crippen LogP contribution is 2.28. The molecule has 0 radical (unpaired) electrons. The lowest BCUT2D eigenvalue weighted by molar-refractivity contribution is 0.0911. The van der Waals surface area contributed by atoms with E-state index in [1.807, 2.05) is 0 Å². The van der Waals surface area contributed by atoms with Crippen LogP contribution >= 0.6 is 12.4 Å². The lowest BCUT2D eigenvalue weighted by Gasteiger charge is -2.32. The minimum atomic E-state index is -0.0107. The van der Waals surface area contributed by atoms with Gasteiger partial charge in [0.1, 0.15) is 0 Å². The highest BCUT2D eigenvalue weighted by atomic mass is 35.5. The predicted octanol–water partition coefficient (Wildman–Crippen LogP) is 2.52. The lowest BCUT2D eigenvalue weighted by atomic mass is 9.80. The number of hydrogen-bond acceptors (Lipinski definition) is 3. The van der Waals surface area contributed by atoms with Crippen LogP contribution < -0.4 is 11.1 Å². The highest BCUT2D eigenvalue weighted by Gasteiger charge is 2.25. The molecule has 1 saturated carbocycles. The number of amides is 1. The van der Waals surface area contributed by atoms with Crippen LogP contribution in [-0.2, 0) is 6.54 Å². The van der Waals surface area contributed by atoms with Crippen molar-refractivity contribution in [1.29, 1.82) is 0 Å². The SMILES string of the molecule is CC1CC(C)CC(NC(=O)c2ccnc(CN)c2)C1.Cl. The molecule has 20 heavy (non-hydrogen) atoms. The number of carbonyl (C=O) groups excluding carboxylic acids is 1. The van der Waals surface area contributed by atoms with E-state index in [1.165, 1.54) is 6.42 Å². The summed E-state index contributed by atoms with van der Waals surface area (Å²) in [6.07, 6.45) is 5.05. The van der Waals surface area contributed by atoms with Gasteiger partial charge in [-0.25, -0.2) is 0 Å². The van der Waals surface area contributed by atoms with Crippen LogP contribution in [0.15, 0.2) is 18.3 Å². The van der Waals surface area contributed by atoms with Gasteiger partial charge in [-0.15, -0.1) is 12.4 Å². The molecular formula is C15H24ClN3O. The molecule has 5 heteroatoms. The maximum absolute atomic E-state index is 12.2. The number of carbonyl (C=O) groups is 1. The lowest BCUT2D eigenvalue weighted by Crippen LogP contribution is -2.40. The van der Waals surface area contributed by atoms with Crippen LogP contribution in [0.3, 0.4) is 0 Å². The summed E-state index contributed by atoms with van der Waals surface area (Å²) in [7, 11) is 0. The van der Waals surface area contributed by atoms with E-state index in [1.54, 1.807) is 18.3 Å². The number of pyridine rings is 1. The third kappa shape index (κ3) is 4.46. The fraction of sp³-hybridized carbons (Fsp3) is 0.600. The van der Waals surface area contributed by atoms with Crippen LogP contribution in [0.1, 0.15) is 49.2 Å². The molecule has 4 nitrogen and oxygen atoms in total. The van der Waals surface area contributed by atoms with Gasteiger partial charge in [-0.1, -0.05) is 13.8 Å². The fourth-order valence-electron chi connectivity index (χ4n) is 3.06. The number of nitrogens with two attached hydrogens (primary N) is 1. The molecule has 1 heterocycles. The van der Waals surface area contributed by atoms with E-state index in [4.69, 9.17) is 5.73 Å². The Balaban J connectivity index is 0.00000200. The van der Waals surface area contributed by atoms with Crippen molar-refractivity contribution in [2.24, 2.45) is 17.6 Å². The molecule has 1 aliphatic rings. The molecule has 1 fully saturated rings. The van der Waals surface area contributed by atoms with Gasteiger partial charge in [-0.05, 0) is 43.2 Å². The number of nitrogens with one attached hydrogen (secondary N) is 1. The summed E-state index contributed by atoms with van der Waals surface area (Å²) < 4.78 is 0. The molecule has 2 unspecified atom stereocenters. The van der Waals surface area contributed by atoms with Crippen LogP contribution in [0.25, 0.3) is 0 Å². The Labute approximate surface area is 126 Å². The second kappa shape index (κ2) is 7.60. The Morgan fingerprint density at radius 3 is 2.60 bits per heavy atom. The van der Waals surface area contributed by atoms with E-state index in [2.05, 4.69) is 24.1 Å². The van der Waals surface area contributed by atoms with E-state index in [0.717, 1.165) is 18.5 Å². The van der Waals surface area contributed by atoms with Crippen molar-refractivity contribution in [1.82, 2.24) is 10.3 Å². The second-order valence-corrected chi connectivity index (χ2v) is 5.83. The zero-order chi connectivity index (χ0) is 13.8. The Morgan fingerprint density at radius 2 is 2.00 bits per heavy atom. The smallest absolute Gasteiger partial charge is 0.251 e. The average molecular weight is 298 g/mol. The molecule has 1 aromatic heterocycles. The predicted molar refractivity (Wildman–Crippen MR) is 82.8 cm³/mol. The van der Waals surface area contributed by atoms with Gasteiger partial charge in [0.25, 0.3) is 5.91 Å². The highest BCUT2D eigenvalue weighted by molar-refractivity contribution is 5.94. The molecule has 0 bridgehead atoms. The Morgan fingerprint density at radius 1 is 1.35 bits per heavy atom. The molecule has 0 saturated heterocycles. The van der Waals surface area contributed by atoms with Gasteiger partial charge < -0.3 is 11.1 Å². The number of nitrogens with zero attached hydrogens (tertiary/aromatic N) is 1. The van der Waals surface area contributed by atoms with Crippen molar-refractivity contribution in [3.63, 3.8) is 0 Å². The van der Waals surface area contributed by atoms with Crippen LogP contribution in [0.5, 0.6) is 0 Å². The number of rotatable bonds is 3. The van der Waals surface area contributed by atoms with E-state index in [9.17, 15) is 4.79 Å². The molecular weight excluding hydrogens is 274 g/mol. The first-order valence-corrected chi connectivity index (χ1v) is 7.04. The minimum absolute atomic E-state index is 0. The largest absolute Gasteiger partial charge is 0.349 e. The van der Waals surface area contributed by atoms with Gasteiger partial charge >= 0.3 is 0 Å². The summed E-state index contributed by atoms with van der Waals surface area (Å²) in [5, 5.41) is 3.14. The van der Waals surface area contributed by atoms with Crippen molar-refractivity contribution >= 4 is 18.3 Å². The van der Waals surface area contributed by atoms with Crippen LogP contribution in [0.4, 0.5) is 0 Å². The van der Waals surface area contributed by atoms with Gasteiger partial charge in [0.2, 0.25) is 0 Å². The summed E-state index contributed by atoms with van der Waals surface area (Å²) in [6, 6.07) is 3.80. The Kier molecular flexibility index (Phi) is 6.43. The van der Waals surface area contributed by atoms with Gasteiger partial charge in [0, 0.05) is 24.3 Å². The van der Waals surface area contributed by atoms with Crippen molar-refractivity contribution in [2.75, 3.05) is 0 Å². The number of halogens is 1. The third-order valence-corrected chi connectivity index (χ3v) is 3.80. The van der Waals surface area contributed by atoms with E-state index >= 15 is 0 Å². The van der Waals surface area contributed by atoms with Crippen LogP contribution in [0.2, 0.25) is 0 Å². The topological polar surface area (TPSA) is 68.0 Å². The molecule has 112 valence electrons. The van der Waals surface area contributed by atoms with E-state index in [-0.39, 0.29) is 18.3 Å². The second-order valence-electron chi connectivity index (χ2n) is 5.83.